The maximum Gasteiger partial charge on any atom is 0.0480 e. The van der Waals surface area contributed by atoms with Gasteiger partial charge in [-0.2, -0.15) is 0 Å². The van der Waals surface area contributed by atoms with Crippen LogP contribution < -0.4 is 5.73 Å². The molecule has 0 radical (unpaired) electrons. The Morgan fingerprint density at radius 3 is 2.47 bits per heavy atom. The molecular weight excluding hydrogens is 188 g/mol. The van der Waals surface area contributed by atoms with Crippen LogP contribution in [0, 0.1) is 5.41 Å². The third-order valence-electron chi connectivity index (χ3n) is 3.31. The lowest BCUT2D eigenvalue weighted by molar-refractivity contribution is 0.0307. The second-order valence-electron chi connectivity index (χ2n) is 5.46. The summed E-state index contributed by atoms with van der Waals surface area (Å²) in [6.45, 7) is 8.37. The van der Waals surface area contributed by atoms with Crippen molar-refractivity contribution in [2.75, 3.05) is 33.4 Å². The predicted octanol–water partition coefficient (Wildman–Crippen LogP) is 1.47. The van der Waals surface area contributed by atoms with Gasteiger partial charge in [0.15, 0.2) is 0 Å². The summed E-state index contributed by atoms with van der Waals surface area (Å²) in [6, 6.07) is 0.704. The van der Waals surface area contributed by atoms with E-state index in [0.717, 1.165) is 32.7 Å². The van der Waals surface area contributed by atoms with Crippen LogP contribution in [0.3, 0.4) is 0 Å². The molecule has 1 rings (SSSR count). The lowest BCUT2D eigenvalue weighted by Gasteiger charge is -2.37. The zero-order valence-corrected chi connectivity index (χ0v) is 10.5. The smallest absolute Gasteiger partial charge is 0.0480 e. The van der Waals surface area contributed by atoms with E-state index < -0.39 is 0 Å². The quantitative estimate of drug-likeness (QED) is 0.753. The Balaban J connectivity index is 2.35. The standard InChI is InChI=1S/C12H26N2O/c1-12(2,6-7-13)10-14(3)11-4-8-15-9-5-11/h11H,4-10,13H2,1-3H3. The highest BCUT2D eigenvalue weighted by Crippen LogP contribution is 2.23. The maximum atomic E-state index is 5.63. The lowest BCUT2D eigenvalue weighted by atomic mass is 9.88. The second kappa shape index (κ2) is 5.83. The topological polar surface area (TPSA) is 38.5 Å². The molecule has 90 valence electrons. The van der Waals surface area contributed by atoms with E-state index in [1.54, 1.807) is 0 Å². The average molecular weight is 214 g/mol. The Labute approximate surface area is 94.0 Å². The number of nitrogens with zero attached hydrogens (tertiary/aromatic N) is 1. The van der Waals surface area contributed by atoms with Gasteiger partial charge in [-0.25, -0.2) is 0 Å². The van der Waals surface area contributed by atoms with Gasteiger partial charge in [0.1, 0.15) is 0 Å². The minimum absolute atomic E-state index is 0.335. The third kappa shape index (κ3) is 4.49. The minimum Gasteiger partial charge on any atom is -0.381 e. The van der Waals surface area contributed by atoms with Crippen LogP contribution >= 0.6 is 0 Å². The minimum atomic E-state index is 0.335. The van der Waals surface area contributed by atoms with Gasteiger partial charge in [0.25, 0.3) is 0 Å². The molecule has 2 N–H and O–H groups in total. The molecule has 0 atom stereocenters. The van der Waals surface area contributed by atoms with Gasteiger partial charge < -0.3 is 15.4 Å². The first-order valence-electron chi connectivity index (χ1n) is 6.03. The van der Waals surface area contributed by atoms with E-state index in [4.69, 9.17) is 10.5 Å². The molecule has 0 saturated carbocycles. The Morgan fingerprint density at radius 2 is 1.93 bits per heavy atom. The van der Waals surface area contributed by atoms with Gasteiger partial charge >= 0.3 is 0 Å². The van der Waals surface area contributed by atoms with Crippen molar-refractivity contribution < 1.29 is 4.74 Å². The second-order valence-corrected chi connectivity index (χ2v) is 5.46. The van der Waals surface area contributed by atoms with Crippen molar-refractivity contribution >= 4 is 0 Å². The highest BCUT2D eigenvalue weighted by atomic mass is 16.5. The molecule has 0 aromatic heterocycles. The van der Waals surface area contributed by atoms with Crippen LogP contribution in [0.2, 0.25) is 0 Å². The zero-order valence-electron chi connectivity index (χ0n) is 10.5. The maximum absolute atomic E-state index is 5.63. The van der Waals surface area contributed by atoms with E-state index in [1.807, 2.05) is 0 Å². The highest BCUT2D eigenvalue weighted by molar-refractivity contribution is 4.78. The molecule has 0 amide bonds. The summed E-state index contributed by atoms with van der Waals surface area (Å²) >= 11 is 0. The summed E-state index contributed by atoms with van der Waals surface area (Å²) in [5, 5.41) is 0. The highest BCUT2D eigenvalue weighted by Gasteiger charge is 2.24. The Morgan fingerprint density at radius 1 is 1.33 bits per heavy atom. The van der Waals surface area contributed by atoms with Crippen molar-refractivity contribution in [1.82, 2.24) is 4.90 Å². The molecule has 1 aliphatic heterocycles. The van der Waals surface area contributed by atoms with E-state index in [1.165, 1.54) is 12.8 Å². The summed E-state index contributed by atoms with van der Waals surface area (Å²) in [6.07, 6.45) is 3.45. The van der Waals surface area contributed by atoms with Crippen molar-refractivity contribution in [3.8, 4) is 0 Å². The Hall–Kier alpha value is -0.120. The molecule has 15 heavy (non-hydrogen) atoms. The number of hydrogen-bond donors (Lipinski definition) is 1. The fourth-order valence-corrected chi connectivity index (χ4v) is 2.40. The first kappa shape index (κ1) is 12.9. The van der Waals surface area contributed by atoms with Crippen LogP contribution in [0.25, 0.3) is 0 Å². The molecule has 3 nitrogen and oxygen atoms in total. The van der Waals surface area contributed by atoms with Crippen molar-refractivity contribution in [1.29, 1.82) is 0 Å². The monoisotopic (exact) mass is 214 g/mol. The molecule has 0 aromatic carbocycles. The predicted molar refractivity (Wildman–Crippen MR) is 63.9 cm³/mol. The Kier molecular flexibility index (Phi) is 5.03. The lowest BCUT2D eigenvalue weighted by Crippen LogP contribution is -2.42. The summed E-state index contributed by atoms with van der Waals surface area (Å²) in [7, 11) is 2.23. The van der Waals surface area contributed by atoms with E-state index in [2.05, 4.69) is 25.8 Å². The van der Waals surface area contributed by atoms with Crippen LogP contribution in [0.15, 0.2) is 0 Å². The van der Waals surface area contributed by atoms with E-state index in [-0.39, 0.29) is 0 Å². The molecule has 0 bridgehead atoms. The SMILES string of the molecule is CN(CC(C)(C)CCN)C1CCOCC1. The molecule has 1 fully saturated rings. The van der Waals surface area contributed by atoms with Crippen molar-refractivity contribution in [3.05, 3.63) is 0 Å². The van der Waals surface area contributed by atoms with Crippen LogP contribution in [0.5, 0.6) is 0 Å². The molecule has 1 saturated heterocycles. The first-order valence-corrected chi connectivity index (χ1v) is 6.03. The molecule has 0 aromatic rings. The van der Waals surface area contributed by atoms with E-state index in [9.17, 15) is 0 Å². The molecule has 0 spiro atoms. The number of nitrogens with two attached hydrogens (primary N) is 1. The molecule has 1 heterocycles. The summed E-state index contributed by atoms with van der Waals surface area (Å²) in [4.78, 5) is 2.48. The van der Waals surface area contributed by atoms with Gasteiger partial charge in [-0.1, -0.05) is 13.8 Å². The van der Waals surface area contributed by atoms with Crippen molar-refractivity contribution in [3.63, 3.8) is 0 Å². The molecule has 1 aliphatic rings. The normalized spacial score (nSPS) is 19.8. The fraction of sp³-hybridized carbons (Fsp3) is 1.00. The number of rotatable bonds is 5. The largest absolute Gasteiger partial charge is 0.381 e. The molecule has 3 heteroatoms. The van der Waals surface area contributed by atoms with Gasteiger partial charge in [-0.15, -0.1) is 0 Å². The Bertz CT molecular complexity index is 176. The van der Waals surface area contributed by atoms with Gasteiger partial charge in [0.05, 0.1) is 0 Å². The van der Waals surface area contributed by atoms with E-state index in [0.29, 0.717) is 11.5 Å². The summed E-state index contributed by atoms with van der Waals surface area (Å²) in [5.74, 6) is 0. The van der Waals surface area contributed by atoms with Crippen molar-refractivity contribution in [2.45, 2.75) is 39.2 Å². The first-order chi connectivity index (χ1) is 7.05. The number of hydrogen-bond acceptors (Lipinski definition) is 3. The number of ether oxygens (including phenoxy) is 1. The fourth-order valence-electron chi connectivity index (χ4n) is 2.40. The summed E-state index contributed by atoms with van der Waals surface area (Å²) < 4.78 is 5.38. The van der Waals surface area contributed by atoms with Gasteiger partial charge in [0.2, 0.25) is 0 Å². The van der Waals surface area contributed by atoms with E-state index >= 15 is 0 Å². The zero-order chi connectivity index (χ0) is 11.3. The third-order valence-corrected chi connectivity index (χ3v) is 3.31. The molecule has 0 unspecified atom stereocenters. The van der Waals surface area contributed by atoms with Crippen molar-refractivity contribution in [2.24, 2.45) is 11.1 Å². The average Bonchev–Trinajstić information content (AvgIpc) is 2.18. The summed E-state index contributed by atoms with van der Waals surface area (Å²) in [5.41, 5.74) is 5.97. The van der Waals surface area contributed by atoms with Gasteiger partial charge in [-0.3, -0.25) is 0 Å². The molecule has 0 aliphatic carbocycles. The van der Waals surface area contributed by atoms with Gasteiger partial charge in [0, 0.05) is 25.8 Å². The van der Waals surface area contributed by atoms with Crippen LogP contribution in [-0.4, -0.2) is 44.3 Å². The van der Waals surface area contributed by atoms with Gasteiger partial charge in [-0.05, 0) is 38.3 Å². The van der Waals surface area contributed by atoms with Crippen LogP contribution in [0.4, 0.5) is 0 Å². The molecular formula is C12H26N2O. The van der Waals surface area contributed by atoms with Crippen LogP contribution in [-0.2, 0) is 4.74 Å². The van der Waals surface area contributed by atoms with Crippen LogP contribution in [0.1, 0.15) is 33.1 Å².